The summed E-state index contributed by atoms with van der Waals surface area (Å²) in [6, 6.07) is 11.4. The van der Waals surface area contributed by atoms with E-state index in [2.05, 4.69) is 15.4 Å². The fourth-order valence-corrected chi connectivity index (χ4v) is 3.94. The molecule has 0 aliphatic rings. The summed E-state index contributed by atoms with van der Waals surface area (Å²) in [6.07, 6.45) is 2.24. The van der Waals surface area contributed by atoms with E-state index in [1.54, 1.807) is 37.4 Å². The topological polar surface area (TPSA) is 81.3 Å². The van der Waals surface area contributed by atoms with Crippen molar-refractivity contribution in [3.05, 3.63) is 75.5 Å². The van der Waals surface area contributed by atoms with Gasteiger partial charge in [-0.1, -0.05) is 6.07 Å². The van der Waals surface area contributed by atoms with Gasteiger partial charge in [0.1, 0.15) is 15.7 Å². The third kappa shape index (κ3) is 3.95. The van der Waals surface area contributed by atoms with Crippen molar-refractivity contribution in [3.8, 4) is 10.6 Å². The van der Waals surface area contributed by atoms with Gasteiger partial charge in [-0.25, -0.2) is 18.9 Å². The average molecular weight is 411 g/mol. The number of fused-ring (bicyclic) bond motifs is 1. The predicted molar refractivity (Wildman–Crippen MR) is 109 cm³/mol. The van der Waals surface area contributed by atoms with Gasteiger partial charge in [-0.2, -0.15) is 0 Å². The van der Waals surface area contributed by atoms with Crippen LogP contribution in [-0.2, 0) is 6.54 Å². The lowest BCUT2D eigenvalue weighted by Crippen LogP contribution is -2.27. The first-order chi connectivity index (χ1) is 14.0. The van der Waals surface area contributed by atoms with Gasteiger partial charge in [0.15, 0.2) is 5.65 Å². The minimum absolute atomic E-state index is 0.200. The quantitative estimate of drug-likeness (QED) is 0.495. The van der Waals surface area contributed by atoms with Crippen molar-refractivity contribution in [3.63, 3.8) is 0 Å². The molecule has 29 heavy (non-hydrogen) atoms. The van der Waals surface area contributed by atoms with Crippen LogP contribution in [0, 0.1) is 12.7 Å². The number of nitrogens with zero attached hydrogens (tertiary/aromatic N) is 4. The van der Waals surface area contributed by atoms with E-state index in [1.807, 2.05) is 6.07 Å². The summed E-state index contributed by atoms with van der Waals surface area (Å²) in [5, 5.41) is 7.79. The second-order valence-electron chi connectivity index (χ2n) is 6.48. The van der Waals surface area contributed by atoms with Gasteiger partial charge in [0, 0.05) is 24.8 Å². The molecule has 0 saturated carbocycles. The Morgan fingerprint density at radius 1 is 1.21 bits per heavy atom. The highest BCUT2D eigenvalue weighted by Gasteiger charge is 2.16. The van der Waals surface area contributed by atoms with Crippen LogP contribution in [0.15, 0.2) is 53.5 Å². The maximum absolute atomic E-state index is 13.1. The molecule has 0 aliphatic heterocycles. The molecule has 0 radical (unpaired) electrons. The Labute approximate surface area is 169 Å². The van der Waals surface area contributed by atoms with E-state index in [9.17, 15) is 14.0 Å². The number of rotatable bonds is 6. The molecule has 7 nitrogen and oxygen atoms in total. The zero-order valence-electron chi connectivity index (χ0n) is 15.6. The number of carbonyl (C=O) groups is 1. The van der Waals surface area contributed by atoms with Crippen molar-refractivity contribution in [1.82, 2.24) is 24.5 Å². The van der Waals surface area contributed by atoms with Crippen LogP contribution in [0.4, 0.5) is 4.39 Å². The fraction of sp³-hybridized carbons (Fsp3) is 0.200. The molecule has 1 amide bonds. The van der Waals surface area contributed by atoms with E-state index < -0.39 is 0 Å². The zero-order valence-corrected chi connectivity index (χ0v) is 16.4. The number of carbonyl (C=O) groups excluding carboxylic acids is 1. The number of thiazole rings is 1. The number of aromatic nitrogens is 4. The summed E-state index contributed by atoms with van der Waals surface area (Å²) in [6.45, 7) is 2.58. The normalized spacial score (nSPS) is 11.1. The highest BCUT2D eigenvalue weighted by Crippen LogP contribution is 2.28. The number of pyridine rings is 1. The standard InChI is InChI=1S/C20H18FN5O2S/c1-13-17(29-19(23-13)14-6-8-15(21)9-7-14)18(27)22-10-4-12-26-20(28)25-11-3-2-5-16(25)24-26/h2-3,5-9,11H,4,10,12H2,1H3,(H,22,27). The van der Waals surface area contributed by atoms with E-state index in [0.717, 1.165) is 5.56 Å². The molecule has 0 spiro atoms. The van der Waals surface area contributed by atoms with Crippen LogP contribution in [0.2, 0.25) is 0 Å². The molecule has 9 heteroatoms. The lowest BCUT2D eigenvalue weighted by Gasteiger charge is -2.03. The summed E-state index contributed by atoms with van der Waals surface area (Å²) < 4.78 is 16.0. The number of benzene rings is 1. The van der Waals surface area contributed by atoms with Gasteiger partial charge in [0.05, 0.1) is 5.69 Å². The molecular weight excluding hydrogens is 393 g/mol. The minimum Gasteiger partial charge on any atom is -0.351 e. The van der Waals surface area contributed by atoms with E-state index in [0.29, 0.717) is 40.7 Å². The molecule has 0 bridgehead atoms. The van der Waals surface area contributed by atoms with Crippen molar-refractivity contribution >= 4 is 22.9 Å². The first kappa shape index (κ1) is 19.0. The lowest BCUT2D eigenvalue weighted by molar-refractivity contribution is 0.0956. The van der Waals surface area contributed by atoms with Crippen molar-refractivity contribution in [2.45, 2.75) is 19.9 Å². The summed E-state index contributed by atoms with van der Waals surface area (Å²) in [5.74, 6) is -0.527. The Morgan fingerprint density at radius 2 is 2.00 bits per heavy atom. The van der Waals surface area contributed by atoms with Gasteiger partial charge < -0.3 is 5.32 Å². The molecule has 0 fully saturated rings. The van der Waals surface area contributed by atoms with Gasteiger partial charge in [0.2, 0.25) is 0 Å². The Balaban J connectivity index is 1.37. The van der Waals surface area contributed by atoms with Gasteiger partial charge in [0.25, 0.3) is 5.91 Å². The first-order valence-electron chi connectivity index (χ1n) is 9.09. The van der Waals surface area contributed by atoms with E-state index in [4.69, 9.17) is 0 Å². The third-order valence-corrected chi connectivity index (χ3v) is 5.62. The zero-order chi connectivity index (χ0) is 20.4. The number of hydrogen-bond donors (Lipinski definition) is 1. The molecule has 1 N–H and O–H groups in total. The maximum atomic E-state index is 13.1. The minimum atomic E-state index is -0.315. The number of amides is 1. The number of nitrogens with one attached hydrogen (secondary N) is 1. The molecule has 0 saturated heterocycles. The van der Waals surface area contributed by atoms with Crippen molar-refractivity contribution in [2.75, 3.05) is 6.54 Å². The highest BCUT2D eigenvalue weighted by atomic mass is 32.1. The Bertz CT molecular complexity index is 1230. The summed E-state index contributed by atoms with van der Waals surface area (Å²) in [7, 11) is 0. The van der Waals surface area contributed by atoms with Crippen LogP contribution in [-0.4, -0.2) is 31.6 Å². The van der Waals surface area contributed by atoms with Crippen LogP contribution >= 0.6 is 11.3 Å². The van der Waals surface area contributed by atoms with Crippen LogP contribution in [0.25, 0.3) is 16.2 Å². The van der Waals surface area contributed by atoms with Gasteiger partial charge in [-0.15, -0.1) is 16.4 Å². The molecule has 3 aromatic heterocycles. The first-order valence-corrected chi connectivity index (χ1v) is 9.90. The van der Waals surface area contributed by atoms with Crippen LogP contribution < -0.4 is 11.0 Å². The Hall–Kier alpha value is -3.33. The van der Waals surface area contributed by atoms with Crippen molar-refractivity contribution in [1.29, 1.82) is 0 Å². The highest BCUT2D eigenvalue weighted by molar-refractivity contribution is 7.17. The van der Waals surface area contributed by atoms with E-state index in [-0.39, 0.29) is 17.4 Å². The smallest absolute Gasteiger partial charge is 0.350 e. The summed E-state index contributed by atoms with van der Waals surface area (Å²) in [5.41, 5.74) is 1.79. The molecule has 4 rings (SSSR count). The Kier molecular flexibility index (Phi) is 5.22. The second-order valence-corrected chi connectivity index (χ2v) is 7.48. The Morgan fingerprint density at radius 3 is 2.76 bits per heavy atom. The SMILES string of the molecule is Cc1nc(-c2ccc(F)cc2)sc1C(=O)NCCCn1nc2ccccn2c1=O. The average Bonchev–Trinajstić information content (AvgIpc) is 3.26. The molecule has 1 aromatic carbocycles. The van der Waals surface area contributed by atoms with Crippen LogP contribution in [0.5, 0.6) is 0 Å². The molecule has 0 unspecified atom stereocenters. The largest absolute Gasteiger partial charge is 0.351 e. The molecule has 148 valence electrons. The molecule has 0 aliphatic carbocycles. The van der Waals surface area contributed by atoms with Crippen molar-refractivity contribution in [2.24, 2.45) is 0 Å². The third-order valence-electron chi connectivity index (χ3n) is 4.41. The predicted octanol–water partition coefficient (Wildman–Crippen LogP) is 2.89. The van der Waals surface area contributed by atoms with Gasteiger partial charge in [-0.05, 0) is 49.7 Å². The lowest BCUT2D eigenvalue weighted by atomic mass is 10.2. The van der Waals surface area contributed by atoms with Crippen molar-refractivity contribution < 1.29 is 9.18 Å². The molecule has 0 atom stereocenters. The summed E-state index contributed by atoms with van der Waals surface area (Å²) in [4.78, 5) is 29.7. The molecule has 3 heterocycles. The van der Waals surface area contributed by atoms with Crippen LogP contribution in [0.1, 0.15) is 21.8 Å². The number of halogens is 1. The molecule has 4 aromatic rings. The van der Waals surface area contributed by atoms with Crippen LogP contribution in [0.3, 0.4) is 0 Å². The monoisotopic (exact) mass is 411 g/mol. The van der Waals surface area contributed by atoms with Gasteiger partial charge in [-0.3, -0.25) is 9.20 Å². The fourth-order valence-electron chi connectivity index (χ4n) is 2.95. The summed E-state index contributed by atoms with van der Waals surface area (Å²) >= 11 is 1.27. The van der Waals surface area contributed by atoms with E-state index in [1.165, 1.54) is 32.6 Å². The molecular formula is C20H18FN5O2S. The van der Waals surface area contributed by atoms with E-state index >= 15 is 0 Å². The number of hydrogen-bond acceptors (Lipinski definition) is 5. The number of aryl methyl sites for hydroxylation is 2. The maximum Gasteiger partial charge on any atom is 0.350 e. The second kappa shape index (κ2) is 7.96. The van der Waals surface area contributed by atoms with Gasteiger partial charge >= 0.3 is 5.69 Å².